The Hall–Kier alpha value is -2.60. The van der Waals surface area contributed by atoms with Gasteiger partial charge in [0, 0.05) is 12.6 Å². The molecular weight excluding hydrogens is 395 g/mol. The van der Waals surface area contributed by atoms with E-state index in [0.29, 0.717) is 22.8 Å². The van der Waals surface area contributed by atoms with Crippen molar-refractivity contribution in [2.75, 3.05) is 6.61 Å². The molecule has 1 atom stereocenters. The van der Waals surface area contributed by atoms with E-state index in [1.165, 1.54) is 17.0 Å². The fraction of sp³-hybridized carbons (Fsp3) is 0.364. The molecule has 1 N–H and O–H groups in total. The third-order valence-electron chi connectivity index (χ3n) is 4.27. The predicted octanol–water partition coefficient (Wildman–Crippen LogP) is 4.19. The zero-order chi connectivity index (χ0) is 21.4. The van der Waals surface area contributed by atoms with E-state index < -0.39 is 6.04 Å². The lowest BCUT2D eigenvalue weighted by atomic mass is 10.1. The Morgan fingerprint density at radius 3 is 2.38 bits per heavy atom. The van der Waals surface area contributed by atoms with Crippen LogP contribution in [-0.4, -0.2) is 35.4 Å². The molecule has 0 fully saturated rings. The maximum atomic E-state index is 13.2. The fourth-order valence-corrected chi connectivity index (χ4v) is 3.06. The number of nitrogens with one attached hydrogen (secondary N) is 1. The zero-order valence-electron chi connectivity index (χ0n) is 16.8. The summed E-state index contributed by atoms with van der Waals surface area (Å²) in [6, 6.07) is 12.0. The molecule has 0 saturated heterocycles. The third kappa shape index (κ3) is 6.75. The molecule has 0 radical (unpaired) electrons. The van der Waals surface area contributed by atoms with Crippen LogP contribution >= 0.6 is 11.6 Å². The molecule has 2 aromatic carbocycles. The second-order valence-corrected chi connectivity index (χ2v) is 7.36. The Bertz CT molecular complexity index is 827. The van der Waals surface area contributed by atoms with E-state index in [1.54, 1.807) is 36.4 Å². The SMILES string of the molecule is CC[C@H](C(=O)NC(C)C)N(Cc1ccc(F)cc1)C(=O)COc1ccccc1Cl. The highest BCUT2D eigenvalue weighted by Crippen LogP contribution is 2.23. The largest absolute Gasteiger partial charge is 0.482 e. The average Bonchev–Trinajstić information content (AvgIpc) is 2.68. The van der Waals surface area contributed by atoms with Crippen molar-refractivity contribution in [3.63, 3.8) is 0 Å². The number of carbonyl (C=O) groups is 2. The van der Waals surface area contributed by atoms with Gasteiger partial charge in [0.05, 0.1) is 5.02 Å². The van der Waals surface area contributed by atoms with Crippen molar-refractivity contribution in [3.8, 4) is 5.75 Å². The van der Waals surface area contributed by atoms with Crippen LogP contribution in [0.1, 0.15) is 32.8 Å². The number of hydrogen-bond donors (Lipinski definition) is 1. The topological polar surface area (TPSA) is 58.6 Å². The van der Waals surface area contributed by atoms with Gasteiger partial charge in [0.1, 0.15) is 17.6 Å². The van der Waals surface area contributed by atoms with Crippen molar-refractivity contribution in [1.29, 1.82) is 0 Å². The standard InChI is InChI=1S/C22H26ClFN2O3/c1-4-19(22(28)25-15(2)3)26(13-16-9-11-17(24)12-10-16)21(27)14-29-20-8-6-5-7-18(20)23/h5-12,15,19H,4,13-14H2,1-3H3,(H,25,28)/t19-/m1/s1. The molecule has 0 aromatic heterocycles. The van der Waals surface area contributed by atoms with Gasteiger partial charge >= 0.3 is 0 Å². The Kier molecular flexibility index (Phi) is 8.46. The maximum Gasteiger partial charge on any atom is 0.261 e. The molecule has 29 heavy (non-hydrogen) atoms. The zero-order valence-corrected chi connectivity index (χ0v) is 17.6. The van der Waals surface area contributed by atoms with Gasteiger partial charge in [-0.05, 0) is 50.1 Å². The maximum absolute atomic E-state index is 13.2. The number of benzene rings is 2. The van der Waals surface area contributed by atoms with Gasteiger partial charge in [-0.1, -0.05) is 42.8 Å². The van der Waals surface area contributed by atoms with Gasteiger partial charge in [-0.15, -0.1) is 0 Å². The number of rotatable bonds is 9. The van der Waals surface area contributed by atoms with Crippen molar-refractivity contribution in [1.82, 2.24) is 10.2 Å². The summed E-state index contributed by atoms with van der Waals surface area (Å²) in [5.74, 6) is -0.571. The number of carbonyl (C=O) groups excluding carboxylic acids is 2. The second-order valence-electron chi connectivity index (χ2n) is 6.95. The van der Waals surface area contributed by atoms with Crippen molar-refractivity contribution in [2.24, 2.45) is 0 Å². The quantitative estimate of drug-likeness (QED) is 0.661. The van der Waals surface area contributed by atoms with Gasteiger partial charge in [0.2, 0.25) is 5.91 Å². The van der Waals surface area contributed by atoms with Crippen molar-refractivity contribution in [3.05, 3.63) is 64.9 Å². The highest BCUT2D eigenvalue weighted by atomic mass is 35.5. The lowest BCUT2D eigenvalue weighted by Crippen LogP contribution is -2.51. The first-order valence-electron chi connectivity index (χ1n) is 9.53. The highest BCUT2D eigenvalue weighted by molar-refractivity contribution is 6.32. The number of ether oxygens (including phenoxy) is 1. The molecule has 0 aliphatic heterocycles. The smallest absolute Gasteiger partial charge is 0.261 e. The molecular formula is C22H26ClFN2O3. The van der Waals surface area contributed by atoms with Crippen LogP contribution in [0.15, 0.2) is 48.5 Å². The second kappa shape index (κ2) is 10.8. The van der Waals surface area contributed by atoms with Crippen molar-refractivity contribution >= 4 is 23.4 Å². The molecule has 156 valence electrons. The van der Waals surface area contributed by atoms with Crippen LogP contribution in [0, 0.1) is 5.82 Å². The van der Waals surface area contributed by atoms with Crippen LogP contribution in [0.4, 0.5) is 4.39 Å². The monoisotopic (exact) mass is 420 g/mol. The molecule has 2 aromatic rings. The third-order valence-corrected chi connectivity index (χ3v) is 4.58. The minimum absolute atomic E-state index is 0.0568. The van der Waals surface area contributed by atoms with E-state index in [-0.39, 0.29) is 36.8 Å². The lowest BCUT2D eigenvalue weighted by molar-refractivity contribution is -0.143. The summed E-state index contributed by atoms with van der Waals surface area (Å²) in [7, 11) is 0. The minimum atomic E-state index is -0.676. The van der Waals surface area contributed by atoms with E-state index in [1.807, 2.05) is 20.8 Å². The molecule has 0 spiro atoms. The van der Waals surface area contributed by atoms with Gasteiger partial charge in [-0.25, -0.2) is 4.39 Å². The van der Waals surface area contributed by atoms with Gasteiger partial charge in [0.15, 0.2) is 6.61 Å². The summed E-state index contributed by atoms with van der Waals surface area (Å²) in [6.45, 7) is 5.45. The van der Waals surface area contributed by atoms with Gasteiger partial charge in [-0.2, -0.15) is 0 Å². The first kappa shape index (κ1) is 22.7. The average molecular weight is 421 g/mol. The summed E-state index contributed by atoms with van der Waals surface area (Å²) >= 11 is 6.08. The van der Waals surface area contributed by atoms with E-state index >= 15 is 0 Å². The fourth-order valence-electron chi connectivity index (χ4n) is 2.87. The van der Waals surface area contributed by atoms with Crippen LogP contribution < -0.4 is 10.1 Å². The van der Waals surface area contributed by atoms with Crippen molar-refractivity contribution < 1.29 is 18.7 Å². The first-order chi connectivity index (χ1) is 13.8. The Balaban J connectivity index is 2.21. The van der Waals surface area contributed by atoms with Crippen LogP contribution in [0.5, 0.6) is 5.75 Å². The number of halogens is 2. The summed E-state index contributed by atoms with van der Waals surface area (Å²) in [6.07, 6.45) is 0.428. The molecule has 0 bridgehead atoms. The first-order valence-corrected chi connectivity index (χ1v) is 9.91. The Morgan fingerprint density at radius 1 is 1.14 bits per heavy atom. The molecule has 0 heterocycles. The van der Waals surface area contributed by atoms with Crippen LogP contribution in [0.3, 0.4) is 0 Å². The van der Waals surface area contributed by atoms with Crippen LogP contribution in [-0.2, 0) is 16.1 Å². The number of para-hydroxylation sites is 1. The van der Waals surface area contributed by atoms with Crippen LogP contribution in [0.2, 0.25) is 5.02 Å². The lowest BCUT2D eigenvalue weighted by Gasteiger charge is -2.31. The van der Waals surface area contributed by atoms with E-state index in [0.717, 1.165) is 0 Å². The summed E-state index contributed by atoms with van der Waals surface area (Å²) in [5.41, 5.74) is 0.716. The number of amides is 2. The van der Waals surface area contributed by atoms with Crippen molar-refractivity contribution in [2.45, 2.75) is 45.8 Å². The Labute approximate surface area is 175 Å². The summed E-state index contributed by atoms with van der Waals surface area (Å²) < 4.78 is 18.8. The molecule has 0 aliphatic rings. The number of hydrogen-bond acceptors (Lipinski definition) is 3. The normalized spacial score (nSPS) is 11.8. The molecule has 0 saturated carbocycles. The molecule has 2 amide bonds. The predicted molar refractivity (Wildman–Crippen MR) is 111 cm³/mol. The Morgan fingerprint density at radius 2 is 1.79 bits per heavy atom. The molecule has 2 rings (SSSR count). The minimum Gasteiger partial charge on any atom is -0.482 e. The van der Waals surface area contributed by atoms with E-state index in [4.69, 9.17) is 16.3 Å². The summed E-state index contributed by atoms with van der Waals surface area (Å²) in [4.78, 5) is 27.1. The van der Waals surface area contributed by atoms with Crippen LogP contribution in [0.25, 0.3) is 0 Å². The van der Waals surface area contributed by atoms with E-state index in [2.05, 4.69) is 5.32 Å². The molecule has 0 aliphatic carbocycles. The highest BCUT2D eigenvalue weighted by Gasteiger charge is 2.29. The van der Waals surface area contributed by atoms with Gasteiger partial charge in [0.25, 0.3) is 5.91 Å². The molecule has 7 heteroatoms. The summed E-state index contributed by atoms with van der Waals surface area (Å²) in [5, 5.41) is 3.25. The molecule has 0 unspecified atom stereocenters. The molecule has 5 nitrogen and oxygen atoms in total. The van der Waals surface area contributed by atoms with E-state index in [9.17, 15) is 14.0 Å². The van der Waals surface area contributed by atoms with Gasteiger partial charge < -0.3 is 15.0 Å². The number of nitrogens with zero attached hydrogens (tertiary/aromatic N) is 1. The van der Waals surface area contributed by atoms with Gasteiger partial charge in [-0.3, -0.25) is 9.59 Å².